The first-order chi connectivity index (χ1) is 14.0. The summed E-state index contributed by atoms with van der Waals surface area (Å²) >= 11 is 3.92. The molecule has 0 aromatic carbocycles. The average molecular weight is 446 g/mol. The molecule has 11 nitrogen and oxygen atoms in total. The fraction of sp³-hybridized carbons (Fsp3) is 0.722. The van der Waals surface area contributed by atoms with Crippen molar-refractivity contribution in [3.05, 3.63) is 0 Å². The van der Waals surface area contributed by atoms with Gasteiger partial charge in [0.05, 0.1) is 12.5 Å². The van der Waals surface area contributed by atoms with E-state index in [-0.39, 0.29) is 18.2 Å². The maximum absolute atomic E-state index is 13.1. The standard InChI is InChI=1S/C18H31N5O6S/c1-3-9(2)14(17(27)23-6-4-5-12(23)18(28)29)22-16(26)11(7-13(20)24)21-15(25)10(19)8-30/h9-12,14,30H,3-8,19H2,1-2H3,(H2,20,24)(H,21,25)(H,22,26)(H,28,29). The molecular formula is C18H31N5O6S. The highest BCUT2D eigenvalue weighted by molar-refractivity contribution is 7.80. The van der Waals surface area contributed by atoms with E-state index in [1.165, 1.54) is 4.90 Å². The molecule has 12 heteroatoms. The highest BCUT2D eigenvalue weighted by Crippen LogP contribution is 2.21. The lowest BCUT2D eigenvalue weighted by atomic mass is 9.96. The van der Waals surface area contributed by atoms with E-state index >= 15 is 0 Å². The number of amides is 4. The third kappa shape index (κ3) is 6.87. The highest BCUT2D eigenvalue weighted by Gasteiger charge is 2.40. The molecule has 4 amide bonds. The Balaban J connectivity index is 3.03. The monoisotopic (exact) mass is 445 g/mol. The van der Waals surface area contributed by atoms with Crippen LogP contribution in [0.1, 0.15) is 39.5 Å². The Morgan fingerprint density at radius 3 is 2.33 bits per heavy atom. The average Bonchev–Trinajstić information content (AvgIpc) is 3.19. The topological polar surface area (TPSA) is 185 Å². The minimum atomic E-state index is -1.32. The summed E-state index contributed by atoms with van der Waals surface area (Å²) in [5, 5.41) is 14.3. The number of rotatable bonds is 11. The minimum absolute atomic E-state index is 0.0241. The van der Waals surface area contributed by atoms with Crippen molar-refractivity contribution < 1.29 is 29.1 Å². The van der Waals surface area contributed by atoms with Gasteiger partial charge in [-0.25, -0.2) is 4.79 Å². The third-order valence-corrected chi connectivity index (χ3v) is 5.56. The molecule has 30 heavy (non-hydrogen) atoms. The predicted octanol–water partition coefficient (Wildman–Crippen LogP) is -1.79. The van der Waals surface area contributed by atoms with Crippen molar-refractivity contribution in [1.29, 1.82) is 0 Å². The number of thiol groups is 1. The second-order valence-corrected chi connectivity index (χ2v) is 7.79. The molecule has 1 aliphatic rings. The molecule has 0 aliphatic carbocycles. The van der Waals surface area contributed by atoms with Crippen LogP contribution in [0.25, 0.3) is 0 Å². The highest BCUT2D eigenvalue weighted by atomic mass is 32.1. The first-order valence-corrected chi connectivity index (χ1v) is 10.4. The van der Waals surface area contributed by atoms with Gasteiger partial charge in [0.25, 0.3) is 0 Å². The number of primary amides is 1. The van der Waals surface area contributed by atoms with E-state index in [9.17, 15) is 29.1 Å². The Kier molecular flexibility index (Phi) is 10.1. The van der Waals surface area contributed by atoms with Gasteiger partial charge in [0.15, 0.2) is 0 Å². The van der Waals surface area contributed by atoms with E-state index in [0.29, 0.717) is 19.3 Å². The molecule has 170 valence electrons. The van der Waals surface area contributed by atoms with Crippen molar-refractivity contribution in [2.75, 3.05) is 12.3 Å². The number of nitrogens with zero attached hydrogens (tertiary/aromatic N) is 1. The lowest BCUT2D eigenvalue weighted by Crippen LogP contribution is -2.59. The van der Waals surface area contributed by atoms with Crippen LogP contribution in [0.3, 0.4) is 0 Å². The number of nitrogens with one attached hydrogen (secondary N) is 2. The van der Waals surface area contributed by atoms with Gasteiger partial charge in [0.2, 0.25) is 23.6 Å². The Morgan fingerprint density at radius 1 is 1.20 bits per heavy atom. The van der Waals surface area contributed by atoms with Crippen molar-refractivity contribution in [2.45, 2.75) is 63.7 Å². The van der Waals surface area contributed by atoms with Gasteiger partial charge < -0.3 is 32.1 Å². The van der Waals surface area contributed by atoms with Crippen molar-refractivity contribution in [3.63, 3.8) is 0 Å². The molecule has 1 heterocycles. The van der Waals surface area contributed by atoms with Gasteiger partial charge in [-0.1, -0.05) is 20.3 Å². The zero-order valence-corrected chi connectivity index (χ0v) is 18.1. The number of carboxylic acids is 1. The van der Waals surface area contributed by atoms with Gasteiger partial charge in [0, 0.05) is 12.3 Å². The second kappa shape index (κ2) is 11.7. The van der Waals surface area contributed by atoms with Crippen LogP contribution in [0, 0.1) is 5.92 Å². The van der Waals surface area contributed by atoms with Crippen molar-refractivity contribution in [3.8, 4) is 0 Å². The van der Waals surface area contributed by atoms with Gasteiger partial charge >= 0.3 is 5.97 Å². The van der Waals surface area contributed by atoms with E-state index in [1.807, 2.05) is 6.92 Å². The van der Waals surface area contributed by atoms with Crippen LogP contribution < -0.4 is 22.1 Å². The number of carboxylic acid groups (broad SMARTS) is 1. The normalized spacial score (nSPS) is 20.0. The largest absolute Gasteiger partial charge is 0.480 e. The zero-order chi connectivity index (χ0) is 23.0. The van der Waals surface area contributed by atoms with Crippen molar-refractivity contribution in [1.82, 2.24) is 15.5 Å². The van der Waals surface area contributed by atoms with Crippen molar-refractivity contribution in [2.24, 2.45) is 17.4 Å². The van der Waals surface area contributed by atoms with Crippen LogP contribution in [-0.4, -0.2) is 76.1 Å². The fourth-order valence-corrected chi connectivity index (χ4v) is 3.34. The molecule has 5 unspecified atom stereocenters. The van der Waals surface area contributed by atoms with E-state index in [2.05, 4.69) is 23.3 Å². The molecule has 0 radical (unpaired) electrons. The number of hydrogen-bond donors (Lipinski definition) is 6. The maximum atomic E-state index is 13.1. The summed E-state index contributed by atoms with van der Waals surface area (Å²) in [5.41, 5.74) is 10.8. The van der Waals surface area contributed by atoms with Gasteiger partial charge in [0.1, 0.15) is 18.1 Å². The minimum Gasteiger partial charge on any atom is -0.480 e. The molecule has 5 atom stereocenters. The van der Waals surface area contributed by atoms with Crippen LogP contribution in [-0.2, 0) is 24.0 Å². The molecule has 1 rings (SSSR count). The van der Waals surface area contributed by atoms with Gasteiger partial charge in [-0.2, -0.15) is 12.6 Å². The maximum Gasteiger partial charge on any atom is 0.326 e. The Hall–Kier alpha value is -2.34. The number of carbonyl (C=O) groups is 5. The first kappa shape index (κ1) is 25.7. The summed E-state index contributed by atoms with van der Waals surface area (Å²) in [7, 11) is 0. The van der Waals surface area contributed by atoms with Crippen LogP contribution in [0.5, 0.6) is 0 Å². The zero-order valence-electron chi connectivity index (χ0n) is 17.2. The molecular weight excluding hydrogens is 414 g/mol. The van der Waals surface area contributed by atoms with E-state index in [0.717, 1.165) is 0 Å². The molecule has 0 aromatic rings. The lowest BCUT2D eigenvalue weighted by Gasteiger charge is -2.31. The fourth-order valence-electron chi connectivity index (χ4n) is 3.17. The Bertz CT molecular complexity index is 675. The summed E-state index contributed by atoms with van der Waals surface area (Å²) in [5.74, 6) is -4.21. The molecule has 0 spiro atoms. The quantitative estimate of drug-likeness (QED) is 0.203. The molecule has 0 saturated carbocycles. The summed E-state index contributed by atoms with van der Waals surface area (Å²) in [4.78, 5) is 62.0. The molecule has 1 saturated heterocycles. The predicted molar refractivity (Wildman–Crippen MR) is 111 cm³/mol. The number of hydrogen-bond acceptors (Lipinski definition) is 7. The van der Waals surface area contributed by atoms with Crippen LogP contribution in [0.2, 0.25) is 0 Å². The second-order valence-electron chi connectivity index (χ2n) is 7.42. The Morgan fingerprint density at radius 2 is 1.83 bits per heavy atom. The summed E-state index contributed by atoms with van der Waals surface area (Å²) in [6.07, 6.45) is 0.926. The Labute approximate surface area is 180 Å². The lowest BCUT2D eigenvalue weighted by molar-refractivity contribution is -0.150. The first-order valence-electron chi connectivity index (χ1n) is 9.82. The van der Waals surface area contributed by atoms with E-state index < -0.39 is 60.2 Å². The number of nitrogens with two attached hydrogens (primary N) is 2. The van der Waals surface area contributed by atoms with Crippen LogP contribution in [0.15, 0.2) is 0 Å². The summed E-state index contributed by atoms with van der Waals surface area (Å²) in [6, 6.07) is -4.29. The molecule has 0 bridgehead atoms. The van der Waals surface area contributed by atoms with Gasteiger partial charge in [-0.3, -0.25) is 19.2 Å². The van der Waals surface area contributed by atoms with E-state index in [1.54, 1.807) is 6.92 Å². The molecule has 0 aromatic heterocycles. The summed E-state index contributed by atoms with van der Waals surface area (Å²) in [6.45, 7) is 3.84. The molecule has 7 N–H and O–H groups in total. The van der Waals surface area contributed by atoms with E-state index in [4.69, 9.17) is 11.5 Å². The number of likely N-dealkylation sites (tertiary alicyclic amines) is 1. The molecule has 1 fully saturated rings. The van der Waals surface area contributed by atoms with Gasteiger partial charge in [-0.05, 0) is 18.8 Å². The smallest absolute Gasteiger partial charge is 0.326 e. The SMILES string of the molecule is CCC(C)C(NC(=O)C(CC(N)=O)NC(=O)C(N)CS)C(=O)N1CCCC1C(=O)O. The third-order valence-electron chi connectivity index (χ3n) is 5.17. The number of carbonyl (C=O) groups excluding carboxylic acids is 4. The van der Waals surface area contributed by atoms with Crippen LogP contribution in [0.4, 0.5) is 0 Å². The van der Waals surface area contributed by atoms with Crippen molar-refractivity contribution >= 4 is 42.2 Å². The van der Waals surface area contributed by atoms with Crippen LogP contribution >= 0.6 is 12.6 Å². The molecule has 1 aliphatic heterocycles. The number of aliphatic carboxylic acids is 1. The van der Waals surface area contributed by atoms with Gasteiger partial charge in [-0.15, -0.1) is 0 Å². The summed E-state index contributed by atoms with van der Waals surface area (Å²) < 4.78 is 0.